The predicted octanol–water partition coefficient (Wildman–Crippen LogP) is 3.83. The highest BCUT2D eigenvalue weighted by Gasteiger charge is 2.45. The molecule has 0 heterocycles. The number of aliphatic hydroxyl groups excluding tert-OH is 1. The Balaban J connectivity index is 2.44. The van der Waals surface area contributed by atoms with Crippen LogP contribution in [0.3, 0.4) is 0 Å². The molecule has 3 atom stereocenters. The van der Waals surface area contributed by atoms with Gasteiger partial charge >= 0.3 is 0 Å². The van der Waals surface area contributed by atoms with Gasteiger partial charge in [0.2, 0.25) is 0 Å². The van der Waals surface area contributed by atoms with E-state index in [0.717, 1.165) is 10.9 Å². The van der Waals surface area contributed by atoms with Crippen LogP contribution in [0.1, 0.15) is 37.9 Å². The van der Waals surface area contributed by atoms with Crippen molar-refractivity contribution in [2.24, 2.45) is 11.3 Å². The molecule has 1 fully saturated rings. The van der Waals surface area contributed by atoms with E-state index in [-0.39, 0.29) is 0 Å². The van der Waals surface area contributed by atoms with Crippen LogP contribution in [0, 0.1) is 22.7 Å². The highest BCUT2D eigenvalue weighted by atomic mass is 79.9. The lowest BCUT2D eigenvalue weighted by Crippen LogP contribution is -2.25. The second kappa shape index (κ2) is 6.25. The first-order chi connectivity index (χ1) is 9.97. The number of hydrogen-bond donors (Lipinski definition) is 1. The van der Waals surface area contributed by atoms with Gasteiger partial charge in [0.15, 0.2) is 11.5 Å². The number of benzene rings is 1. The maximum absolute atomic E-state index is 10.8. The molecule has 5 heteroatoms. The van der Waals surface area contributed by atoms with E-state index in [2.05, 4.69) is 28.9 Å². The van der Waals surface area contributed by atoms with Crippen molar-refractivity contribution in [3.8, 4) is 17.6 Å². The quantitative estimate of drug-likeness (QED) is 0.893. The topological polar surface area (TPSA) is 62.5 Å². The van der Waals surface area contributed by atoms with E-state index < -0.39 is 11.5 Å². The van der Waals surface area contributed by atoms with Crippen LogP contribution >= 0.6 is 15.9 Å². The van der Waals surface area contributed by atoms with Crippen molar-refractivity contribution >= 4 is 15.9 Å². The zero-order valence-corrected chi connectivity index (χ0v) is 14.1. The summed E-state index contributed by atoms with van der Waals surface area (Å²) in [7, 11) is 3.12. The Morgan fingerprint density at radius 3 is 2.48 bits per heavy atom. The van der Waals surface area contributed by atoms with E-state index in [0.29, 0.717) is 35.8 Å². The average molecular weight is 354 g/mol. The van der Waals surface area contributed by atoms with Crippen LogP contribution in [0.15, 0.2) is 16.6 Å². The van der Waals surface area contributed by atoms with Crippen molar-refractivity contribution in [2.75, 3.05) is 14.2 Å². The summed E-state index contributed by atoms with van der Waals surface area (Å²) in [6, 6.07) is 5.87. The monoisotopic (exact) mass is 353 g/mol. The number of halogens is 1. The van der Waals surface area contributed by atoms with Gasteiger partial charge in [0.25, 0.3) is 0 Å². The molecule has 3 unspecified atom stereocenters. The molecule has 2 rings (SSSR count). The van der Waals surface area contributed by atoms with Crippen LogP contribution < -0.4 is 9.47 Å². The molecule has 1 aliphatic carbocycles. The van der Waals surface area contributed by atoms with Gasteiger partial charge < -0.3 is 14.6 Å². The molecule has 21 heavy (non-hydrogen) atoms. The van der Waals surface area contributed by atoms with Crippen LogP contribution in [0.5, 0.6) is 11.5 Å². The summed E-state index contributed by atoms with van der Waals surface area (Å²) in [5, 5.41) is 20.4. The van der Waals surface area contributed by atoms with Gasteiger partial charge in [-0.3, -0.25) is 0 Å². The van der Waals surface area contributed by atoms with Gasteiger partial charge in [-0.1, -0.05) is 22.9 Å². The molecule has 0 amide bonds. The summed E-state index contributed by atoms with van der Waals surface area (Å²) in [5.74, 6) is 1.60. The Labute approximate surface area is 133 Å². The molecule has 1 aliphatic rings. The Hall–Kier alpha value is -1.25. The molecular weight excluding hydrogens is 334 g/mol. The van der Waals surface area contributed by atoms with E-state index in [1.165, 1.54) is 0 Å². The minimum atomic E-state index is -0.846. The molecule has 0 spiro atoms. The maximum atomic E-state index is 10.8. The number of ether oxygens (including phenoxy) is 2. The fourth-order valence-corrected chi connectivity index (χ4v) is 3.66. The van der Waals surface area contributed by atoms with Crippen molar-refractivity contribution in [3.63, 3.8) is 0 Å². The van der Waals surface area contributed by atoms with Crippen LogP contribution in [0.2, 0.25) is 0 Å². The van der Waals surface area contributed by atoms with Gasteiger partial charge in [-0.05, 0) is 37.3 Å². The Morgan fingerprint density at radius 2 is 2.00 bits per heavy atom. The first-order valence-corrected chi connectivity index (χ1v) is 7.77. The number of nitriles is 1. The molecular formula is C16H20BrNO3. The highest BCUT2D eigenvalue weighted by molar-refractivity contribution is 9.10. The van der Waals surface area contributed by atoms with Gasteiger partial charge in [-0.15, -0.1) is 0 Å². The summed E-state index contributed by atoms with van der Waals surface area (Å²) in [6.07, 6.45) is 1.55. The third kappa shape index (κ3) is 2.88. The third-order valence-corrected chi connectivity index (χ3v) is 5.03. The number of methoxy groups -OCH3 is 2. The Bertz CT molecular complexity index is 569. The van der Waals surface area contributed by atoms with Crippen molar-refractivity contribution in [1.29, 1.82) is 5.26 Å². The summed E-state index contributed by atoms with van der Waals surface area (Å²) >= 11 is 3.46. The maximum Gasteiger partial charge on any atom is 0.161 e. The van der Waals surface area contributed by atoms with Gasteiger partial charge in [-0.2, -0.15) is 5.26 Å². The first kappa shape index (κ1) is 16.1. The smallest absolute Gasteiger partial charge is 0.161 e. The van der Waals surface area contributed by atoms with E-state index in [1.54, 1.807) is 26.4 Å². The zero-order chi connectivity index (χ0) is 15.6. The first-order valence-electron chi connectivity index (χ1n) is 6.98. The third-order valence-electron chi connectivity index (χ3n) is 4.34. The summed E-state index contributed by atoms with van der Waals surface area (Å²) in [5.41, 5.74) is -0.0510. The molecule has 114 valence electrons. The number of nitrogens with zero attached hydrogens (tertiary/aromatic N) is 1. The number of hydrogen-bond acceptors (Lipinski definition) is 4. The summed E-state index contributed by atoms with van der Waals surface area (Å²) in [6.45, 7) is 2.12. The molecule has 0 radical (unpaired) electrons. The molecule has 1 aromatic carbocycles. The zero-order valence-electron chi connectivity index (χ0n) is 12.5. The van der Waals surface area contributed by atoms with Gasteiger partial charge in [-0.25, -0.2) is 0 Å². The second-order valence-electron chi connectivity index (χ2n) is 5.75. The molecule has 4 nitrogen and oxygen atoms in total. The number of rotatable bonds is 4. The van der Waals surface area contributed by atoms with Crippen LogP contribution in [0.4, 0.5) is 0 Å². The highest BCUT2D eigenvalue weighted by Crippen LogP contribution is 2.51. The van der Waals surface area contributed by atoms with E-state index >= 15 is 0 Å². The largest absolute Gasteiger partial charge is 0.493 e. The Kier molecular flexibility index (Phi) is 4.80. The molecule has 1 N–H and O–H groups in total. The fraction of sp³-hybridized carbons (Fsp3) is 0.562. The molecule has 1 saturated carbocycles. The Morgan fingerprint density at radius 1 is 1.38 bits per heavy atom. The van der Waals surface area contributed by atoms with Crippen molar-refractivity contribution in [1.82, 2.24) is 0 Å². The van der Waals surface area contributed by atoms with Gasteiger partial charge in [0.05, 0.1) is 31.8 Å². The predicted molar refractivity (Wildman–Crippen MR) is 83.3 cm³/mol. The van der Waals surface area contributed by atoms with E-state index in [9.17, 15) is 10.4 Å². The molecule has 0 saturated heterocycles. The standard InChI is InChI=1S/C16H20BrNO3/c1-10-4-5-16(8-10,9-18)15(19)11-6-13(20-2)14(21-3)7-12(11)17/h6-7,10,15,19H,4-5,8H2,1-3H3. The van der Waals surface area contributed by atoms with Crippen molar-refractivity contribution in [3.05, 3.63) is 22.2 Å². The van der Waals surface area contributed by atoms with Gasteiger partial charge in [0, 0.05) is 10.0 Å². The van der Waals surface area contributed by atoms with Crippen LogP contribution in [-0.2, 0) is 0 Å². The lowest BCUT2D eigenvalue weighted by atomic mass is 9.78. The average Bonchev–Trinajstić information content (AvgIpc) is 2.88. The van der Waals surface area contributed by atoms with E-state index in [4.69, 9.17) is 9.47 Å². The molecule has 1 aromatic rings. The minimum absolute atomic E-state index is 0.457. The van der Waals surface area contributed by atoms with Crippen molar-refractivity contribution < 1.29 is 14.6 Å². The van der Waals surface area contributed by atoms with E-state index in [1.807, 2.05) is 0 Å². The lowest BCUT2D eigenvalue weighted by molar-refractivity contribution is 0.0638. The second-order valence-corrected chi connectivity index (χ2v) is 6.60. The molecule has 0 bridgehead atoms. The van der Waals surface area contributed by atoms with Crippen LogP contribution in [0.25, 0.3) is 0 Å². The molecule has 0 aromatic heterocycles. The number of aliphatic hydroxyl groups is 1. The fourth-order valence-electron chi connectivity index (χ4n) is 3.12. The van der Waals surface area contributed by atoms with Crippen molar-refractivity contribution in [2.45, 2.75) is 32.3 Å². The molecule has 0 aliphatic heterocycles. The van der Waals surface area contributed by atoms with Gasteiger partial charge in [0.1, 0.15) is 0 Å². The van der Waals surface area contributed by atoms with Crippen LogP contribution in [-0.4, -0.2) is 19.3 Å². The lowest BCUT2D eigenvalue weighted by Gasteiger charge is -2.28. The summed E-state index contributed by atoms with van der Waals surface area (Å²) < 4.78 is 11.3. The minimum Gasteiger partial charge on any atom is -0.493 e. The SMILES string of the molecule is COc1cc(Br)c(C(O)C2(C#N)CCC(C)C2)cc1OC. The normalized spacial score (nSPS) is 26.2. The summed E-state index contributed by atoms with van der Waals surface area (Å²) in [4.78, 5) is 0.